The second-order valence-corrected chi connectivity index (χ2v) is 7.72. The maximum Gasteiger partial charge on any atom is 0.134 e. The van der Waals surface area contributed by atoms with Crippen molar-refractivity contribution in [3.8, 4) is 11.1 Å². The van der Waals surface area contributed by atoms with Crippen LogP contribution in [0, 0.1) is 0 Å². The van der Waals surface area contributed by atoms with Crippen LogP contribution < -0.4 is 4.90 Å². The van der Waals surface area contributed by atoms with E-state index in [1.165, 1.54) is 27.8 Å². The Bertz CT molecular complexity index is 1080. The third-order valence-electron chi connectivity index (χ3n) is 5.96. The Balaban J connectivity index is 1.23. The molecule has 0 radical (unpaired) electrons. The molecule has 1 aliphatic heterocycles. The molecule has 2 heterocycles. The van der Waals surface area contributed by atoms with Crippen molar-refractivity contribution in [2.75, 3.05) is 37.6 Å². The van der Waals surface area contributed by atoms with E-state index in [-0.39, 0.29) is 0 Å². The van der Waals surface area contributed by atoms with Crippen molar-refractivity contribution < 1.29 is 4.42 Å². The van der Waals surface area contributed by atoms with Gasteiger partial charge < -0.3 is 9.32 Å². The normalized spacial score (nSPS) is 15.1. The van der Waals surface area contributed by atoms with Gasteiger partial charge >= 0.3 is 0 Å². The third kappa shape index (κ3) is 3.79. The summed E-state index contributed by atoms with van der Waals surface area (Å²) in [7, 11) is 0. The maximum atomic E-state index is 5.69. The second kappa shape index (κ2) is 8.14. The lowest BCUT2D eigenvalue weighted by atomic mass is 10.0. The van der Waals surface area contributed by atoms with E-state index in [9.17, 15) is 0 Å². The van der Waals surface area contributed by atoms with Crippen molar-refractivity contribution in [2.45, 2.75) is 6.42 Å². The van der Waals surface area contributed by atoms with Gasteiger partial charge in [-0.3, -0.25) is 4.90 Å². The van der Waals surface area contributed by atoms with E-state index in [1.54, 1.807) is 0 Å². The molecule has 3 heteroatoms. The molecule has 0 aliphatic carbocycles. The number of fused-ring (bicyclic) bond motifs is 1. The highest BCUT2D eigenvalue weighted by molar-refractivity contribution is 5.81. The Hall–Kier alpha value is -3.04. The number of para-hydroxylation sites is 2. The van der Waals surface area contributed by atoms with E-state index in [0.717, 1.165) is 44.7 Å². The zero-order valence-electron chi connectivity index (χ0n) is 16.6. The van der Waals surface area contributed by atoms with Crippen LogP contribution in [0.4, 0.5) is 5.69 Å². The topological polar surface area (TPSA) is 19.6 Å². The monoisotopic (exact) mass is 382 g/mol. The molecular weight excluding hydrogens is 356 g/mol. The van der Waals surface area contributed by atoms with E-state index in [2.05, 4.69) is 76.5 Å². The first kappa shape index (κ1) is 18.0. The number of hydrogen-bond donors (Lipinski definition) is 0. The predicted octanol–water partition coefficient (Wildman–Crippen LogP) is 5.46. The number of furan rings is 1. The first-order valence-corrected chi connectivity index (χ1v) is 10.5. The molecule has 4 aromatic rings. The molecule has 0 atom stereocenters. The average molecular weight is 383 g/mol. The summed E-state index contributed by atoms with van der Waals surface area (Å²) in [4.78, 5) is 5.11. The lowest BCUT2D eigenvalue weighted by Crippen LogP contribution is -2.47. The van der Waals surface area contributed by atoms with Crippen LogP contribution in [-0.2, 0) is 6.42 Å². The van der Waals surface area contributed by atoms with Crippen LogP contribution in [0.5, 0.6) is 0 Å². The molecule has 1 saturated heterocycles. The molecular formula is C26H26N2O. The van der Waals surface area contributed by atoms with Gasteiger partial charge in [0.1, 0.15) is 5.58 Å². The molecule has 1 aliphatic rings. The molecule has 0 N–H and O–H groups in total. The van der Waals surface area contributed by atoms with Gasteiger partial charge in [-0.15, -0.1) is 0 Å². The van der Waals surface area contributed by atoms with Crippen LogP contribution in [0.25, 0.3) is 22.1 Å². The maximum absolute atomic E-state index is 5.69. The molecule has 146 valence electrons. The molecule has 1 fully saturated rings. The molecule has 0 bridgehead atoms. The Morgan fingerprint density at radius 1 is 0.724 bits per heavy atom. The first-order valence-electron chi connectivity index (χ1n) is 10.5. The van der Waals surface area contributed by atoms with Crippen LogP contribution in [0.1, 0.15) is 5.56 Å². The molecule has 3 nitrogen and oxygen atoms in total. The highest BCUT2D eigenvalue weighted by atomic mass is 16.3. The highest BCUT2D eigenvalue weighted by Crippen LogP contribution is 2.31. The number of nitrogens with zero attached hydrogens (tertiary/aromatic N) is 2. The molecule has 29 heavy (non-hydrogen) atoms. The Labute approximate surface area is 172 Å². The SMILES string of the molecule is c1ccc(-c2ccccc2N2CCN(CCc3coc4ccccc34)CC2)cc1. The molecule has 3 aromatic carbocycles. The van der Waals surface area contributed by atoms with Gasteiger partial charge in [-0.2, -0.15) is 0 Å². The fourth-order valence-corrected chi connectivity index (χ4v) is 4.33. The molecule has 0 spiro atoms. The highest BCUT2D eigenvalue weighted by Gasteiger charge is 2.19. The van der Waals surface area contributed by atoms with Crippen molar-refractivity contribution >= 4 is 16.7 Å². The van der Waals surface area contributed by atoms with Gasteiger partial charge in [-0.05, 0) is 29.7 Å². The molecule has 1 aromatic heterocycles. The van der Waals surface area contributed by atoms with Crippen LogP contribution in [0.3, 0.4) is 0 Å². The summed E-state index contributed by atoms with van der Waals surface area (Å²) in [5.74, 6) is 0. The fraction of sp³-hybridized carbons (Fsp3) is 0.231. The van der Waals surface area contributed by atoms with Crippen LogP contribution in [0.15, 0.2) is 89.5 Å². The largest absolute Gasteiger partial charge is 0.464 e. The summed E-state index contributed by atoms with van der Waals surface area (Å²) < 4.78 is 5.69. The summed E-state index contributed by atoms with van der Waals surface area (Å²) >= 11 is 0. The third-order valence-corrected chi connectivity index (χ3v) is 5.96. The van der Waals surface area contributed by atoms with E-state index in [0.29, 0.717) is 0 Å². The zero-order chi connectivity index (χ0) is 19.5. The van der Waals surface area contributed by atoms with Crippen molar-refractivity contribution in [1.29, 1.82) is 0 Å². The standard InChI is InChI=1S/C26H26N2O/c1-2-8-21(9-3-1)23-10-4-6-12-25(23)28-18-16-27(17-19-28)15-14-22-20-29-26-13-7-5-11-24(22)26/h1-13,20H,14-19H2. The quantitative estimate of drug-likeness (QED) is 0.457. The van der Waals surface area contributed by atoms with Gasteiger partial charge in [0.2, 0.25) is 0 Å². The minimum atomic E-state index is 0.991. The fourth-order valence-electron chi connectivity index (χ4n) is 4.33. The van der Waals surface area contributed by atoms with Gasteiger partial charge in [0.05, 0.1) is 6.26 Å². The number of rotatable bonds is 5. The smallest absolute Gasteiger partial charge is 0.134 e. The van der Waals surface area contributed by atoms with Crippen LogP contribution in [0.2, 0.25) is 0 Å². The Morgan fingerprint density at radius 3 is 2.31 bits per heavy atom. The summed E-state index contributed by atoms with van der Waals surface area (Å²) in [6.07, 6.45) is 2.97. The van der Waals surface area contributed by atoms with E-state index in [4.69, 9.17) is 4.42 Å². The Morgan fingerprint density at radius 2 is 1.45 bits per heavy atom. The number of benzene rings is 3. The van der Waals surface area contributed by atoms with Crippen molar-refractivity contribution in [3.05, 3.63) is 90.7 Å². The molecule has 5 rings (SSSR count). The van der Waals surface area contributed by atoms with Gasteiger partial charge in [-0.25, -0.2) is 0 Å². The van der Waals surface area contributed by atoms with E-state index >= 15 is 0 Å². The van der Waals surface area contributed by atoms with Crippen LogP contribution in [-0.4, -0.2) is 37.6 Å². The Kier molecular flexibility index (Phi) is 5.06. The summed E-state index contributed by atoms with van der Waals surface area (Å²) in [5.41, 5.74) is 6.27. The van der Waals surface area contributed by atoms with Gasteiger partial charge in [0, 0.05) is 49.4 Å². The van der Waals surface area contributed by atoms with Crippen molar-refractivity contribution in [1.82, 2.24) is 4.90 Å². The summed E-state index contributed by atoms with van der Waals surface area (Å²) in [6, 6.07) is 27.8. The minimum absolute atomic E-state index is 0.991. The second-order valence-electron chi connectivity index (χ2n) is 7.72. The summed E-state index contributed by atoms with van der Waals surface area (Å²) in [5, 5.41) is 1.25. The first-order chi connectivity index (χ1) is 14.4. The molecule has 0 saturated carbocycles. The average Bonchev–Trinajstić information content (AvgIpc) is 3.22. The molecule has 0 unspecified atom stereocenters. The summed E-state index contributed by atoms with van der Waals surface area (Å²) in [6.45, 7) is 5.40. The number of piperazine rings is 1. The predicted molar refractivity (Wildman–Crippen MR) is 120 cm³/mol. The van der Waals surface area contributed by atoms with Crippen molar-refractivity contribution in [2.24, 2.45) is 0 Å². The number of anilines is 1. The zero-order valence-corrected chi connectivity index (χ0v) is 16.6. The van der Waals surface area contributed by atoms with E-state index < -0.39 is 0 Å². The molecule has 0 amide bonds. The van der Waals surface area contributed by atoms with Gasteiger partial charge in [0.25, 0.3) is 0 Å². The lowest BCUT2D eigenvalue weighted by Gasteiger charge is -2.37. The minimum Gasteiger partial charge on any atom is -0.464 e. The van der Waals surface area contributed by atoms with Gasteiger partial charge in [0.15, 0.2) is 0 Å². The van der Waals surface area contributed by atoms with Gasteiger partial charge in [-0.1, -0.05) is 66.7 Å². The van der Waals surface area contributed by atoms with Crippen molar-refractivity contribution in [3.63, 3.8) is 0 Å². The van der Waals surface area contributed by atoms with E-state index in [1.807, 2.05) is 18.4 Å². The van der Waals surface area contributed by atoms with Crippen LogP contribution >= 0.6 is 0 Å². The number of hydrogen-bond acceptors (Lipinski definition) is 3. The lowest BCUT2D eigenvalue weighted by molar-refractivity contribution is 0.261.